The molecular formula is C9H12N2O3S. The maximum atomic E-state index is 11.5. The first-order chi connectivity index (χ1) is 7.04. The molecule has 0 bridgehead atoms. The monoisotopic (exact) mass is 228 g/mol. The van der Waals surface area contributed by atoms with Gasteiger partial charge in [0.15, 0.2) is 0 Å². The fourth-order valence-corrected chi connectivity index (χ4v) is 1.92. The standard InChI is InChI=1S/C9H12N2O3S/c1-3-6-11-8(5(2)15-6)9(14)10-4-7(12)13/h3-4H2,1-2H3,(H,10,14)(H,12,13). The first-order valence-corrected chi connectivity index (χ1v) is 5.32. The third kappa shape index (κ3) is 3.02. The first-order valence-electron chi connectivity index (χ1n) is 4.51. The molecule has 0 aromatic carbocycles. The molecule has 0 spiro atoms. The Morgan fingerprint density at radius 1 is 1.53 bits per heavy atom. The lowest BCUT2D eigenvalue weighted by atomic mass is 10.3. The number of thiazole rings is 1. The van der Waals surface area contributed by atoms with Gasteiger partial charge in [0.25, 0.3) is 5.91 Å². The van der Waals surface area contributed by atoms with Crippen LogP contribution in [0, 0.1) is 6.92 Å². The second-order valence-corrected chi connectivity index (χ2v) is 4.23. The highest BCUT2D eigenvalue weighted by Crippen LogP contribution is 2.17. The molecule has 1 aromatic rings. The number of rotatable bonds is 4. The summed E-state index contributed by atoms with van der Waals surface area (Å²) >= 11 is 1.46. The molecule has 0 fully saturated rings. The van der Waals surface area contributed by atoms with E-state index in [0.29, 0.717) is 5.69 Å². The van der Waals surface area contributed by atoms with Crippen molar-refractivity contribution < 1.29 is 14.7 Å². The van der Waals surface area contributed by atoms with Crippen molar-refractivity contribution >= 4 is 23.2 Å². The summed E-state index contributed by atoms with van der Waals surface area (Å²) in [6.45, 7) is 3.38. The Bertz CT molecular complexity index is 387. The number of hydrogen-bond acceptors (Lipinski definition) is 4. The Morgan fingerprint density at radius 2 is 2.20 bits per heavy atom. The van der Waals surface area contributed by atoms with Gasteiger partial charge < -0.3 is 10.4 Å². The summed E-state index contributed by atoms with van der Waals surface area (Å²) in [5.41, 5.74) is 0.332. The van der Waals surface area contributed by atoms with Gasteiger partial charge in [-0.25, -0.2) is 4.98 Å². The lowest BCUT2D eigenvalue weighted by molar-refractivity contribution is -0.135. The summed E-state index contributed by atoms with van der Waals surface area (Å²) in [5.74, 6) is -1.49. The number of aromatic nitrogens is 1. The quantitative estimate of drug-likeness (QED) is 0.800. The third-order valence-corrected chi connectivity index (χ3v) is 2.87. The average Bonchev–Trinajstić information content (AvgIpc) is 2.56. The van der Waals surface area contributed by atoms with Crippen LogP contribution in [0.25, 0.3) is 0 Å². The maximum absolute atomic E-state index is 11.5. The molecule has 0 aliphatic rings. The number of carbonyl (C=O) groups is 2. The highest BCUT2D eigenvalue weighted by Gasteiger charge is 2.14. The Hall–Kier alpha value is -1.43. The number of carboxylic acid groups (broad SMARTS) is 1. The predicted octanol–water partition coefficient (Wildman–Crippen LogP) is 0.828. The predicted molar refractivity (Wildman–Crippen MR) is 56.2 cm³/mol. The van der Waals surface area contributed by atoms with Gasteiger partial charge in [-0.05, 0) is 13.3 Å². The summed E-state index contributed by atoms with van der Waals surface area (Å²) in [7, 11) is 0. The summed E-state index contributed by atoms with van der Waals surface area (Å²) in [4.78, 5) is 26.7. The lowest BCUT2D eigenvalue weighted by Gasteiger charge is -1.99. The Kier molecular flexibility index (Phi) is 3.79. The third-order valence-electron chi connectivity index (χ3n) is 1.76. The summed E-state index contributed by atoms with van der Waals surface area (Å²) in [6.07, 6.45) is 0.776. The zero-order valence-corrected chi connectivity index (χ0v) is 9.35. The smallest absolute Gasteiger partial charge is 0.322 e. The van der Waals surface area contributed by atoms with E-state index in [9.17, 15) is 9.59 Å². The molecule has 1 heterocycles. The second kappa shape index (κ2) is 4.88. The normalized spacial score (nSPS) is 10.0. The molecule has 0 atom stereocenters. The number of carbonyl (C=O) groups excluding carboxylic acids is 1. The lowest BCUT2D eigenvalue weighted by Crippen LogP contribution is -2.29. The van der Waals surface area contributed by atoms with Crippen LogP contribution in [0.1, 0.15) is 27.3 Å². The van der Waals surface area contributed by atoms with Gasteiger partial charge in [0, 0.05) is 4.88 Å². The molecular weight excluding hydrogens is 216 g/mol. The highest BCUT2D eigenvalue weighted by molar-refractivity contribution is 7.11. The van der Waals surface area contributed by atoms with Crippen LogP contribution in [-0.2, 0) is 11.2 Å². The van der Waals surface area contributed by atoms with Gasteiger partial charge in [0.05, 0.1) is 5.01 Å². The van der Waals surface area contributed by atoms with Crippen LogP contribution in [0.15, 0.2) is 0 Å². The van der Waals surface area contributed by atoms with Gasteiger partial charge in [0.1, 0.15) is 12.2 Å². The SMILES string of the molecule is CCc1nc(C(=O)NCC(=O)O)c(C)s1. The van der Waals surface area contributed by atoms with Crippen LogP contribution in [-0.4, -0.2) is 28.5 Å². The van der Waals surface area contributed by atoms with Crippen LogP contribution in [0.5, 0.6) is 0 Å². The molecule has 15 heavy (non-hydrogen) atoms. The van der Waals surface area contributed by atoms with Crippen molar-refractivity contribution in [2.45, 2.75) is 20.3 Å². The van der Waals surface area contributed by atoms with Gasteiger partial charge in [0.2, 0.25) is 0 Å². The molecule has 2 N–H and O–H groups in total. The zero-order chi connectivity index (χ0) is 11.4. The molecule has 6 heteroatoms. The molecule has 82 valence electrons. The van der Waals surface area contributed by atoms with E-state index in [4.69, 9.17) is 5.11 Å². The van der Waals surface area contributed by atoms with E-state index in [1.165, 1.54) is 11.3 Å². The van der Waals surface area contributed by atoms with Crippen molar-refractivity contribution in [2.24, 2.45) is 0 Å². The van der Waals surface area contributed by atoms with Crippen molar-refractivity contribution in [1.82, 2.24) is 10.3 Å². The van der Waals surface area contributed by atoms with Gasteiger partial charge in [-0.3, -0.25) is 9.59 Å². The largest absolute Gasteiger partial charge is 0.480 e. The summed E-state index contributed by atoms with van der Waals surface area (Å²) in [5, 5.41) is 11.6. The van der Waals surface area contributed by atoms with E-state index in [1.807, 2.05) is 6.92 Å². The molecule has 0 radical (unpaired) electrons. The van der Waals surface area contributed by atoms with Crippen LogP contribution in [0.4, 0.5) is 0 Å². The van der Waals surface area contributed by atoms with Crippen LogP contribution >= 0.6 is 11.3 Å². The highest BCUT2D eigenvalue weighted by atomic mass is 32.1. The molecule has 0 aliphatic carbocycles. The molecule has 0 unspecified atom stereocenters. The molecule has 0 aliphatic heterocycles. The van der Waals surface area contributed by atoms with E-state index >= 15 is 0 Å². The van der Waals surface area contributed by atoms with Crippen LogP contribution in [0.3, 0.4) is 0 Å². The van der Waals surface area contributed by atoms with Crippen molar-refractivity contribution in [3.63, 3.8) is 0 Å². The maximum Gasteiger partial charge on any atom is 0.322 e. The van der Waals surface area contributed by atoms with E-state index in [2.05, 4.69) is 10.3 Å². The number of nitrogens with one attached hydrogen (secondary N) is 1. The van der Waals surface area contributed by atoms with Crippen molar-refractivity contribution in [2.75, 3.05) is 6.54 Å². The zero-order valence-electron chi connectivity index (χ0n) is 8.53. The Morgan fingerprint density at radius 3 is 2.67 bits per heavy atom. The summed E-state index contributed by atoms with van der Waals surface area (Å²) in [6, 6.07) is 0. The molecule has 1 aromatic heterocycles. The van der Waals surface area contributed by atoms with Gasteiger partial charge >= 0.3 is 5.97 Å². The van der Waals surface area contributed by atoms with Crippen molar-refractivity contribution in [1.29, 1.82) is 0 Å². The molecule has 0 saturated heterocycles. The molecule has 1 rings (SSSR count). The van der Waals surface area contributed by atoms with Gasteiger partial charge in [-0.15, -0.1) is 11.3 Å². The van der Waals surface area contributed by atoms with E-state index in [0.717, 1.165) is 16.3 Å². The van der Waals surface area contributed by atoms with Gasteiger partial charge in [-0.1, -0.05) is 6.92 Å². The number of aliphatic carboxylic acids is 1. The minimum atomic E-state index is -1.06. The molecule has 1 amide bonds. The van der Waals surface area contributed by atoms with E-state index < -0.39 is 11.9 Å². The fraction of sp³-hybridized carbons (Fsp3) is 0.444. The molecule has 5 nitrogen and oxygen atoms in total. The minimum Gasteiger partial charge on any atom is -0.480 e. The number of hydrogen-bond donors (Lipinski definition) is 2. The number of aryl methyl sites for hydroxylation is 2. The van der Waals surface area contributed by atoms with Crippen LogP contribution in [0.2, 0.25) is 0 Å². The Labute approximate surface area is 91.1 Å². The number of nitrogens with zero attached hydrogens (tertiary/aromatic N) is 1. The number of carboxylic acids is 1. The van der Waals surface area contributed by atoms with Crippen molar-refractivity contribution in [3.05, 3.63) is 15.6 Å². The minimum absolute atomic E-state index is 0.332. The van der Waals surface area contributed by atoms with Gasteiger partial charge in [-0.2, -0.15) is 0 Å². The second-order valence-electron chi connectivity index (χ2n) is 2.94. The first kappa shape index (κ1) is 11.6. The van der Waals surface area contributed by atoms with E-state index in [-0.39, 0.29) is 6.54 Å². The average molecular weight is 228 g/mol. The topological polar surface area (TPSA) is 79.3 Å². The van der Waals surface area contributed by atoms with Crippen LogP contribution < -0.4 is 5.32 Å². The van der Waals surface area contributed by atoms with E-state index in [1.54, 1.807) is 6.92 Å². The Balaban J connectivity index is 2.72. The fourth-order valence-electron chi connectivity index (χ4n) is 1.05. The van der Waals surface area contributed by atoms with Crippen molar-refractivity contribution in [3.8, 4) is 0 Å². The number of amides is 1. The molecule has 0 saturated carbocycles. The summed E-state index contributed by atoms with van der Waals surface area (Å²) < 4.78 is 0.